The van der Waals surface area contributed by atoms with Gasteiger partial charge < -0.3 is 10.0 Å². The summed E-state index contributed by atoms with van der Waals surface area (Å²) >= 11 is 0. The third-order valence-electron chi connectivity index (χ3n) is 4.29. The zero-order valence-corrected chi connectivity index (χ0v) is 10.9. The maximum Gasteiger partial charge on any atom is 0.308 e. The van der Waals surface area contributed by atoms with Crippen molar-refractivity contribution in [1.82, 2.24) is 4.90 Å². The van der Waals surface area contributed by atoms with Gasteiger partial charge in [-0.1, -0.05) is 25.7 Å². The van der Waals surface area contributed by atoms with E-state index >= 15 is 0 Å². The minimum atomic E-state index is -0.756. The monoisotopic (exact) mass is 253 g/mol. The molecule has 18 heavy (non-hydrogen) atoms. The molecule has 4 nitrogen and oxygen atoms in total. The molecule has 0 bridgehead atoms. The van der Waals surface area contributed by atoms with E-state index in [4.69, 9.17) is 5.11 Å². The molecule has 0 aromatic rings. The van der Waals surface area contributed by atoms with E-state index in [0.717, 1.165) is 38.6 Å². The molecule has 2 rings (SSSR count). The van der Waals surface area contributed by atoms with Crippen LogP contribution in [0.2, 0.25) is 0 Å². The van der Waals surface area contributed by atoms with Crippen LogP contribution in [0, 0.1) is 11.8 Å². The lowest BCUT2D eigenvalue weighted by Gasteiger charge is -2.33. The van der Waals surface area contributed by atoms with Crippen molar-refractivity contribution in [3.63, 3.8) is 0 Å². The largest absolute Gasteiger partial charge is 0.481 e. The predicted octanol–water partition coefficient (Wildman–Crippen LogP) is 2.28. The maximum atomic E-state index is 12.4. The number of carbonyl (C=O) groups excluding carboxylic acids is 1. The van der Waals surface area contributed by atoms with Crippen LogP contribution in [-0.2, 0) is 9.59 Å². The summed E-state index contributed by atoms with van der Waals surface area (Å²) in [7, 11) is 0. The number of rotatable bonds is 2. The molecule has 102 valence electrons. The number of amides is 1. The molecule has 0 aromatic carbocycles. The third-order valence-corrected chi connectivity index (χ3v) is 4.29. The summed E-state index contributed by atoms with van der Waals surface area (Å²) in [5, 5.41) is 9.06. The second kappa shape index (κ2) is 6.21. The number of piperidine rings is 1. The number of carbonyl (C=O) groups is 2. The van der Waals surface area contributed by atoms with E-state index < -0.39 is 5.97 Å². The van der Waals surface area contributed by atoms with Gasteiger partial charge in [-0.05, 0) is 25.7 Å². The van der Waals surface area contributed by atoms with Gasteiger partial charge in [-0.15, -0.1) is 0 Å². The van der Waals surface area contributed by atoms with Crippen LogP contribution in [0.4, 0.5) is 0 Å². The van der Waals surface area contributed by atoms with Gasteiger partial charge in [0.05, 0.1) is 5.92 Å². The highest BCUT2D eigenvalue weighted by atomic mass is 16.4. The Morgan fingerprint density at radius 1 is 0.889 bits per heavy atom. The average molecular weight is 253 g/mol. The predicted molar refractivity (Wildman–Crippen MR) is 68.1 cm³/mol. The minimum absolute atomic E-state index is 0.153. The lowest BCUT2D eigenvalue weighted by molar-refractivity contribution is -0.147. The Bertz CT molecular complexity index is 308. The van der Waals surface area contributed by atoms with Crippen LogP contribution in [0.1, 0.15) is 51.4 Å². The second-order valence-electron chi connectivity index (χ2n) is 5.65. The van der Waals surface area contributed by atoms with Gasteiger partial charge >= 0.3 is 5.97 Å². The van der Waals surface area contributed by atoms with E-state index in [1.54, 1.807) is 4.90 Å². The topological polar surface area (TPSA) is 57.6 Å². The highest BCUT2D eigenvalue weighted by Gasteiger charge is 2.31. The van der Waals surface area contributed by atoms with Gasteiger partial charge in [0.25, 0.3) is 0 Å². The Morgan fingerprint density at radius 3 is 2.11 bits per heavy atom. The smallest absolute Gasteiger partial charge is 0.308 e. The zero-order valence-electron chi connectivity index (χ0n) is 10.9. The highest BCUT2D eigenvalue weighted by Crippen LogP contribution is 2.26. The van der Waals surface area contributed by atoms with Crippen LogP contribution in [0.15, 0.2) is 0 Å². The molecule has 0 radical (unpaired) electrons. The Morgan fingerprint density at radius 2 is 1.50 bits per heavy atom. The molecule has 0 spiro atoms. The fraction of sp³-hybridized carbons (Fsp3) is 0.857. The van der Waals surface area contributed by atoms with Crippen molar-refractivity contribution in [2.24, 2.45) is 11.8 Å². The molecule has 2 aliphatic rings. The number of hydrogen-bond donors (Lipinski definition) is 1. The van der Waals surface area contributed by atoms with Gasteiger partial charge in [0.15, 0.2) is 0 Å². The highest BCUT2D eigenvalue weighted by molar-refractivity contribution is 5.80. The number of likely N-dealkylation sites (tertiary alicyclic amines) is 1. The van der Waals surface area contributed by atoms with Crippen molar-refractivity contribution >= 4 is 11.9 Å². The quantitative estimate of drug-likeness (QED) is 0.768. The van der Waals surface area contributed by atoms with Crippen molar-refractivity contribution in [3.8, 4) is 0 Å². The molecular formula is C14H23NO3. The lowest BCUT2D eigenvalue weighted by Crippen LogP contribution is -2.44. The van der Waals surface area contributed by atoms with Crippen molar-refractivity contribution in [2.75, 3.05) is 13.1 Å². The SMILES string of the molecule is O=C(O)[C@H]1CCCN(C(=O)C2CCCCCC2)C1. The number of carboxylic acids is 1. The molecule has 1 aliphatic heterocycles. The molecular weight excluding hydrogens is 230 g/mol. The molecule has 1 N–H and O–H groups in total. The van der Waals surface area contributed by atoms with E-state index in [0.29, 0.717) is 13.0 Å². The van der Waals surface area contributed by atoms with E-state index in [1.807, 2.05) is 0 Å². The minimum Gasteiger partial charge on any atom is -0.481 e. The summed E-state index contributed by atoms with van der Waals surface area (Å²) < 4.78 is 0. The molecule has 0 aromatic heterocycles. The Hall–Kier alpha value is -1.06. The zero-order chi connectivity index (χ0) is 13.0. The standard InChI is InChI=1S/C14H23NO3/c16-13(11-6-3-1-2-4-7-11)15-9-5-8-12(10-15)14(17)18/h11-12H,1-10H2,(H,17,18)/t12-/m0/s1. The van der Waals surface area contributed by atoms with Crippen LogP contribution in [0.25, 0.3) is 0 Å². The average Bonchev–Trinajstić information content (AvgIpc) is 2.67. The van der Waals surface area contributed by atoms with Crippen LogP contribution in [0.5, 0.6) is 0 Å². The second-order valence-corrected chi connectivity index (χ2v) is 5.65. The van der Waals surface area contributed by atoms with E-state index in [-0.39, 0.29) is 17.7 Å². The van der Waals surface area contributed by atoms with E-state index in [9.17, 15) is 9.59 Å². The Labute approximate surface area is 108 Å². The van der Waals surface area contributed by atoms with Crippen molar-refractivity contribution < 1.29 is 14.7 Å². The number of carboxylic acid groups (broad SMARTS) is 1. The van der Waals surface area contributed by atoms with Gasteiger partial charge in [-0.25, -0.2) is 0 Å². The number of aliphatic carboxylic acids is 1. The summed E-state index contributed by atoms with van der Waals surface area (Å²) in [6.07, 6.45) is 8.29. The van der Waals surface area contributed by atoms with Crippen LogP contribution < -0.4 is 0 Å². The summed E-state index contributed by atoms with van der Waals surface area (Å²) in [4.78, 5) is 25.2. The van der Waals surface area contributed by atoms with Gasteiger partial charge in [0, 0.05) is 19.0 Å². The number of hydrogen-bond acceptors (Lipinski definition) is 2. The third kappa shape index (κ3) is 3.24. The molecule has 0 unspecified atom stereocenters. The normalized spacial score (nSPS) is 26.7. The van der Waals surface area contributed by atoms with Crippen LogP contribution >= 0.6 is 0 Å². The molecule has 1 atom stereocenters. The fourth-order valence-corrected chi connectivity index (χ4v) is 3.16. The molecule has 1 heterocycles. The lowest BCUT2D eigenvalue weighted by atomic mass is 9.94. The molecule has 1 aliphatic carbocycles. The van der Waals surface area contributed by atoms with Gasteiger partial charge in [0.2, 0.25) is 5.91 Å². The molecule has 2 fully saturated rings. The van der Waals surface area contributed by atoms with Crippen molar-refractivity contribution in [3.05, 3.63) is 0 Å². The maximum absolute atomic E-state index is 12.4. The van der Waals surface area contributed by atoms with Gasteiger partial charge in [-0.2, -0.15) is 0 Å². The number of nitrogens with zero attached hydrogens (tertiary/aromatic N) is 1. The van der Waals surface area contributed by atoms with Crippen LogP contribution in [-0.4, -0.2) is 35.0 Å². The summed E-state index contributed by atoms with van der Waals surface area (Å²) in [5.41, 5.74) is 0. The molecule has 1 amide bonds. The summed E-state index contributed by atoms with van der Waals surface area (Å²) in [6.45, 7) is 1.17. The Balaban J connectivity index is 1.92. The molecule has 1 saturated carbocycles. The molecule has 4 heteroatoms. The van der Waals surface area contributed by atoms with Crippen LogP contribution in [0.3, 0.4) is 0 Å². The summed E-state index contributed by atoms with van der Waals surface area (Å²) in [5.74, 6) is -0.746. The molecule has 1 saturated heterocycles. The first-order chi connectivity index (χ1) is 8.68. The Kier molecular flexibility index (Phi) is 4.61. The van der Waals surface area contributed by atoms with Crippen molar-refractivity contribution in [1.29, 1.82) is 0 Å². The van der Waals surface area contributed by atoms with Gasteiger partial charge in [0.1, 0.15) is 0 Å². The first-order valence-electron chi connectivity index (χ1n) is 7.20. The summed E-state index contributed by atoms with van der Waals surface area (Å²) in [6, 6.07) is 0. The van der Waals surface area contributed by atoms with Crippen molar-refractivity contribution in [2.45, 2.75) is 51.4 Å². The first-order valence-corrected chi connectivity index (χ1v) is 7.20. The first kappa shape index (κ1) is 13.4. The van der Waals surface area contributed by atoms with Gasteiger partial charge in [-0.3, -0.25) is 9.59 Å². The fourth-order valence-electron chi connectivity index (χ4n) is 3.16. The van der Waals surface area contributed by atoms with E-state index in [2.05, 4.69) is 0 Å². The van der Waals surface area contributed by atoms with E-state index in [1.165, 1.54) is 12.8 Å².